The van der Waals surface area contributed by atoms with E-state index in [2.05, 4.69) is 39.5 Å². The molecule has 2 saturated carbocycles. The minimum atomic E-state index is -0.0278. The van der Waals surface area contributed by atoms with Crippen LogP contribution in [0.3, 0.4) is 0 Å². The van der Waals surface area contributed by atoms with Crippen molar-refractivity contribution in [3.63, 3.8) is 0 Å². The van der Waals surface area contributed by atoms with E-state index in [-0.39, 0.29) is 5.60 Å². The molecule has 2 atom stereocenters. The van der Waals surface area contributed by atoms with E-state index in [4.69, 9.17) is 14.2 Å². The topological polar surface area (TPSA) is 30.9 Å². The van der Waals surface area contributed by atoms with Crippen molar-refractivity contribution in [2.45, 2.75) is 90.6 Å². The van der Waals surface area contributed by atoms with Crippen molar-refractivity contribution in [3.8, 4) is 0 Å². The van der Waals surface area contributed by atoms with Crippen LogP contribution in [0, 0.1) is 17.8 Å². The van der Waals surface area contributed by atoms with Gasteiger partial charge in [-0.2, -0.15) is 0 Å². The summed E-state index contributed by atoms with van der Waals surface area (Å²) in [6, 6.07) is 0.721. The lowest BCUT2D eigenvalue weighted by molar-refractivity contribution is -0.148. The van der Waals surface area contributed by atoms with Gasteiger partial charge in [0.2, 0.25) is 0 Å². The standard InChI is InChI=1S/C22H41NO3/c1-16(2)23-13-18(14-23)21-10-17(21)15-24-8-6-7-9-25-19-11-20(12-19)26-22(3,4)5/h16-21H,6-15H2,1-5H3. The summed E-state index contributed by atoms with van der Waals surface area (Å²) in [5.41, 5.74) is -0.0278. The number of hydrogen-bond acceptors (Lipinski definition) is 4. The maximum Gasteiger partial charge on any atom is 0.0631 e. The molecule has 0 bridgehead atoms. The highest BCUT2D eigenvalue weighted by Gasteiger charge is 2.47. The molecule has 1 saturated heterocycles. The van der Waals surface area contributed by atoms with Crippen LogP contribution >= 0.6 is 0 Å². The van der Waals surface area contributed by atoms with Crippen LogP contribution in [0.25, 0.3) is 0 Å². The lowest BCUT2D eigenvalue weighted by atomic mass is 9.91. The van der Waals surface area contributed by atoms with Crippen molar-refractivity contribution in [1.29, 1.82) is 0 Å². The molecule has 152 valence electrons. The Kier molecular flexibility index (Phi) is 7.04. The van der Waals surface area contributed by atoms with Crippen molar-refractivity contribution < 1.29 is 14.2 Å². The quantitative estimate of drug-likeness (QED) is 0.514. The molecular formula is C22H41NO3. The molecule has 0 aromatic heterocycles. The monoisotopic (exact) mass is 367 g/mol. The van der Waals surface area contributed by atoms with Crippen molar-refractivity contribution >= 4 is 0 Å². The largest absolute Gasteiger partial charge is 0.381 e. The molecule has 0 aromatic rings. The average Bonchev–Trinajstić information content (AvgIpc) is 3.19. The van der Waals surface area contributed by atoms with Crippen LogP contribution in [0.15, 0.2) is 0 Å². The summed E-state index contributed by atoms with van der Waals surface area (Å²) >= 11 is 0. The van der Waals surface area contributed by atoms with E-state index < -0.39 is 0 Å². The Balaban J connectivity index is 1.09. The Morgan fingerprint density at radius 1 is 0.962 bits per heavy atom. The van der Waals surface area contributed by atoms with Gasteiger partial charge in [0, 0.05) is 39.0 Å². The summed E-state index contributed by atoms with van der Waals surface area (Å²) in [5, 5.41) is 0. The Hall–Kier alpha value is -0.160. The zero-order valence-electron chi connectivity index (χ0n) is 17.7. The molecule has 0 aromatic carbocycles. The number of hydrogen-bond donors (Lipinski definition) is 0. The SMILES string of the molecule is CC(C)N1CC(C2CC2COCCCCOC2CC(OC(C)(C)C)C2)C1. The molecule has 1 aliphatic heterocycles. The summed E-state index contributed by atoms with van der Waals surface area (Å²) < 4.78 is 17.8. The van der Waals surface area contributed by atoms with Gasteiger partial charge in [0.25, 0.3) is 0 Å². The summed E-state index contributed by atoms with van der Waals surface area (Å²) in [5.74, 6) is 2.75. The highest BCUT2D eigenvalue weighted by Crippen LogP contribution is 2.47. The van der Waals surface area contributed by atoms with Gasteiger partial charge in [-0.1, -0.05) is 0 Å². The predicted octanol–water partition coefficient (Wildman–Crippen LogP) is 4.12. The highest BCUT2D eigenvalue weighted by molar-refractivity contribution is 4.98. The Morgan fingerprint density at radius 3 is 2.31 bits per heavy atom. The van der Waals surface area contributed by atoms with E-state index in [0.29, 0.717) is 12.2 Å². The molecule has 4 nitrogen and oxygen atoms in total. The third-order valence-electron chi connectivity index (χ3n) is 6.19. The van der Waals surface area contributed by atoms with Crippen molar-refractivity contribution in [1.82, 2.24) is 4.90 Å². The molecule has 0 spiro atoms. The van der Waals surface area contributed by atoms with Gasteiger partial charge in [-0.25, -0.2) is 0 Å². The first-order valence-corrected chi connectivity index (χ1v) is 10.9. The number of rotatable bonds is 11. The van der Waals surface area contributed by atoms with Gasteiger partial charge < -0.3 is 19.1 Å². The first-order chi connectivity index (χ1) is 12.3. The van der Waals surface area contributed by atoms with Crippen LogP contribution in [-0.2, 0) is 14.2 Å². The summed E-state index contributed by atoms with van der Waals surface area (Å²) in [4.78, 5) is 2.58. The van der Waals surface area contributed by atoms with Crippen molar-refractivity contribution in [3.05, 3.63) is 0 Å². The Bertz CT molecular complexity index is 422. The lowest BCUT2D eigenvalue weighted by Gasteiger charge is -2.42. The molecule has 3 aliphatic rings. The first-order valence-electron chi connectivity index (χ1n) is 10.9. The maximum absolute atomic E-state index is 5.94. The van der Waals surface area contributed by atoms with Gasteiger partial charge in [0.1, 0.15) is 0 Å². The van der Waals surface area contributed by atoms with Gasteiger partial charge in [-0.3, -0.25) is 0 Å². The van der Waals surface area contributed by atoms with E-state index in [1.54, 1.807) is 0 Å². The van der Waals surface area contributed by atoms with Crippen molar-refractivity contribution in [2.24, 2.45) is 17.8 Å². The minimum Gasteiger partial charge on any atom is -0.381 e. The molecule has 2 aliphatic carbocycles. The molecule has 4 heteroatoms. The summed E-state index contributed by atoms with van der Waals surface area (Å²) in [6.45, 7) is 16.4. The van der Waals surface area contributed by atoms with Gasteiger partial charge in [-0.15, -0.1) is 0 Å². The fourth-order valence-electron chi connectivity index (χ4n) is 4.32. The fraction of sp³-hybridized carbons (Fsp3) is 1.00. The normalized spacial score (nSPS) is 32.5. The van der Waals surface area contributed by atoms with Gasteiger partial charge in [-0.05, 0) is 84.5 Å². The molecular weight excluding hydrogens is 326 g/mol. The summed E-state index contributed by atoms with van der Waals surface area (Å²) in [7, 11) is 0. The molecule has 2 unspecified atom stereocenters. The predicted molar refractivity (Wildman–Crippen MR) is 105 cm³/mol. The Morgan fingerprint density at radius 2 is 1.65 bits per heavy atom. The van der Waals surface area contributed by atoms with Gasteiger partial charge in [0.15, 0.2) is 0 Å². The lowest BCUT2D eigenvalue weighted by Crippen LogP contribution is -2.51. The number of likely N-dealkylation sites (tertiary alicyclic amines) is 1. The van der Waals surface area contributed by atoms with Crippen molar-refractivity contribution in [2.75, 3.05) is 32.9 Å². The number of unbranched alkanes of at least 4 members (excludes halogenated alkanes) is 1. The van der Waals surface area contributed by atoms with E-state index in [9.17, 15) is 0 Å². The van der Waals surface area contributed by atoms with Crippen LogP contribution in [0.5, 0.6) is 0 Å². The van der Waals surface area contributed by atoms with E-state index in [1.165, 1.54) is 19.5 Å². The van der Waals surface area contributed by atoms with E-state index in [0.717, 1.165) is 69.3 Å². The minimum absolute atomic E-state index is 0.0278. The number of ether oxygens (including phenoxy) is 3. The second-order valence-electron chi connectivity index (χ2n) is 10.1. The van der Waals surface area contributed by atoms with Crippen LogP contribution < -0.4 is 0 Å². The molecule has 3 rings (SSSR count). The Labute approximate surface area is 160 Å². The molecule has 1 heterocycles. The van der Waals surface area contributed by atoms with Crippen LogP contribution in [0.4, 0.5) is 0 Å². The van der Waals surface area contributed by atoms with Crippen LogP contribution in [0.2, 0.25) is 0 Å². The second-order valence-corrected chi connectivity index (χ2v) is 10.1. The number of nitrogens with zero attached hydrogens (tertiary/aromatic N) is 1. The fourth-order valence-corrected chi connectivity index (χ4v) is 4.32. The van der Waals surface area contributed by atoms with Crippen LogP contribution in [0.1, 0.15) is 66.7 Å². The van der Waals surface area contributed by atoms with Crippen LogP contribution in [-0.4, -0.2) is 61.7 Å². The van der Waals surface area contributed by atoms with E-state index in [1.807, 2.05) is 0 Å². The zero-order valence-corrected chi connectivity index (χ0v) is 17.7. The molecule has 3 fully saturated rings. The van der Waals surface area contributed by atoms with Gasteiger partial charge >= 0.3 is 0 Å². The molecule has 26 heavy (non-hydrogen) atoms. The van der Waals surface area contributed by atoms with E-state index >= 15 is 0 Å². The highest BCUT2D eigenvalue weighted by atomic mass is 16.5. The summed E-state index contributed by atoms with van der Waals surface area (Å²) in [6.07, 6.45) is 6.58. The third-order valence-corrected chi connectivity index (χ3v) is 6.19. The molecule has 0 radical (unpaired) electrons. The molecule has 0 amide bonds. The maximum atomic E-state index is 5.94. The van der Waals surface area contributed by atoms with Gasteiger partial charge in [0.05, 0.1) is 17.8 Å². The smallest absolute Gasteiger partial charge is 0.0631 e. The second kappa shape index (κ2) is 8.89. The molecule has 0 N–H and O–H groups in total. The first kappa shape index (κ1) is 20.6. The zero-order chi connectivity index (χ0) is 18.7. The average molecular weight is 368 g/mol. The third kappa shape index (κ3) is 6.19.